The van der Waals surface area contributed by atoms with Gasteiger partial charge in [-0.25, -0.2) is 9.97 Å². The van der Waals surface area contributed by atoms with Gasteiger partial charge in [0.05, 0.1) is 0 Å². The summed E-state index contributed by atoms with van der Waals surface area (Å²) < 4.78 is 2.13. The summed E-state index contributed by atoms with van der Waals surface area (Å²) in [5.74, 6) is 0.0781. The Morgan fingerprint density at radius 3 is 2.54 bits per heavy atom. The Morgan fingerprint density at radius 2 is 1.83 bits per heavy atom. The first kappa shape index (κ1) is 15.7. The third-order valence-electron chi connectivity index (χ3n) is 4.78. The summed E-state index contributed by atoms with van der Waals surface area (Å²) in [7, 11) is 0. The zero-order valence-corrected chi connectivity index (χ0v) is 14.4. The standard InChI is InChI=1S/C18H22N4OS/c23-17(16-3-1-12-22(16)14-6-7-14)21-13-4-8-15(9-5-13)24-18-19-10-2-11-20-18/h1-3,10-15H,4-9H2,(H,21,23). The van der Waals surface area contributed by atoms with Crippen LogP contribution in [-0.2, 0) is 0 Å². The van der Waals surface area contributed by atoms with Crippen LogP contribution in [0.3, 0.4) is 0 Å². The van der Waals surface area contributed by atoms with Crippen molar-refractivity contribution in [2.45, 2.75) is 61.0 Å². The Bertz CT molecular complexity index is 690. The minimum Gasteiger partial charge on any atom is -0.348 e. The molecule has 2 heterocycles. The second-order valence-electron chi connectivity index (χ2n) is 6.63. The van der Waals surface area contributed by atoms with Gasteiger partial charge in [0.2, 0.25) is 0 Å². The molecule has 0 radical (unpaired) electrons. The van der Waals surface area contributed by atoms with Crippen molar-refractivity contribution in [3.8, 4) is 0 Å². The van der Waals surface area contributed by atoms with Crippen LogP contribution in [0.1, 0.15) is 55.1 Å². The average molecular weight is 342 g/mol. The van der Waals surface area contributed by atoms with Crippen molar-refractivity contribution in [2.24, 2.45) is 0 Å². The van der Waals surface area contributed by atoms with Gasteiger partial charge in [-0.3, -0.25) is 4.79 Å². The number of nitrogens with zero attached hydrogens (tertiary/aromatic N) is 3. The smallest absolute Gasteiger partial charge is 0.268 e. The highest BCUT2D eigenvalue weighted by Crippen LogP contribution is 2.36. The number of rotatable bonds is 5. The van der Waals surface area contributed by atoms with E-state index in [0.717, 1.165) is 36.5 Å². The lowest BCUT2D eigenvalue weighted by atomic mass is 9.95. The van der Waals surface area contributed by atoms with E-state index < -0.39 is 0 Å². The maximum absolute atomic E-state index is 12.5. The summed E-state index contributed by atoms with van der Waals surface area (Å²) in [5.41, 5.74) is 0.812. The van der Waals surface area contributed by atoms with Crippen LogP contribution in [-0.4, -0.2) is 31.7 Å². The number of carbonyl (C=O) groups is 1. The summed E-state index contributed by atoms with van der Waals surface area (Å²) in [5, 5.41) is 4.63. The highest BCUT2D eigenvalue weighted by molar-refractivity contribution is 7.99. The van der Waals surface area contributed by atoms with Crippen molar-refractivity contribution in [3.63, 3.8) is 0 Å². The third-order valence-corrected chi connectivity index (χ3v) is 6.00. The van der Waals surface area contributed by atoms with E-state index in [9.17, 15) is 4.79 Å². The molecule has 0 atom stereocenters. The molecule has 0 aromatic carbocycles. The van der Waals surface area contributed by atoms with E-state index in [1.807, 2.05) is 24.4 Å². The van der Waals surface area contributed by atoms with Gasteiger partial charge in [-0.2, -0.15) is 0 Å². The maximum Gasteiger partial charge on any atom is 0.268 e. The van der Waals surface area contributed by atoms with Crippen LogP contribution in [0.15, 0.2) is 41.9 Å². The van der Waals surface area contributed by atoms with Gasteiger partial charge in [-0.15, -0.1) is 0 Å². The van der Waals surface area contributed by atoms with Gasteiger partial charge >= 0.3 is 0 Å². The van der Waals surface area contributed by atoms with Crippen LogP contribution in [0.4, 0.5) is 0 Å². The number of thioether (sulfide) groups is 1. The number of hydrogen-bond donors (Lipinski definition) is 1. The van der Waals surface area contributed by atoms with Gasteiger partial charge < -0.3 is 9.88 Å². The van der Waals surface area contributed by atoms with Crippen LogP contribution in [0.25, 0.3) is 0 Å². The Hall–Kier alpha value is -1.82. The molecule has 0 bridgehead atoms. The highest BCUT2D eigenvalue weighted by atomic mass is 32.2. The van der Waals surface area contributed by atoms with Crippen molar-refractivity contribution in [1.29, 1.82) is 0 Å². The van der Waals surface area contributed by atoms with E-state index in [2.05, 4.69) is 19.9 Å². The first-order valence-corrected chi connectivity index (χ1v) is 9.59. The van der Waals surface area contributed by atoms with E-state index in [1.165, 1.54) is 12.8 Å². The summed E-state index contributed by atoms with van der Waals surface area (Å²) in [6.07, 6.45) is 12.2. The minimum absolute atomic E-state index is 0.0781. The topological polar surface area (TPSA) is 59.8 Å². The molecular weight excluding hydrogens is 320 g/mol. The fraction of sp³-hybridized carbons (Fsp3) is 0.500. The molecule has 2 aromatic heterocycles. The van der Waals surface area contributed by atoms with Crippen LogP contribution >= 0.6 is 11.8 Å². The van der Waals surface area contributed by atoms with Gasteiger partial charge in [0.15, 0.2) is 5.16 Å². The van der Waals surface area contributed by atoms with Gasteiger partial charge in [0.25, 0.3) is 5.91 Å². The second-order valence-corrected chi connectivity index (χ2v) is 7.90. The normalized spacial score (nSPS) is 23.8. The fourth-order valence-corrected chi connectivity index (χ4v) is 4.39. The second kappa shape index (κ2) is 6.97. The first-order chi connectivity index (χ1) is 11.8. The largest absolute Gasteiger partial charge is 0.348 e. The minimum atomic E-state index is 0.0781. The lowest BCUT2D eigenvalue weighted by molar-refractivity contribution is 0.0918. The van der Waals surface area contributed by atoms with Crippen LogP contribution < -0.4 is 5.32 Å². The van der Waals surface area contributed by atoms with Gasteiger partial charge in [-0.1, -0.05) is 11.8 Å². The molecule has 0 spiro atoms. The molecule has 4 rings (SSSR count). The molecule has 1 N–H and O–H groups in total. The Balaban J connectivity index is 1.28. The number of carbonyl (C=O) groups excluding carboxylic acids is 1. The molecule has 2 aromatic rings. The molecule has 24 heavy (non-hydrogen) atoms. The number of hydrogen-bond acceptors (Lipinski definition) is 4. The molecule has 0 saturated heterocycles. The quantitative estimate of drug-likeness (QED) is 0.846. The van der Waals surface area contributed by atoms with Crippen LogP contribution in [0, 0.1) is 0 Å². The Kier molecular flexibility index (Phi) is 4.56. The molecule has 0 aliphatic heterocycles. The molecule has 2 aliphatic carbocycles. The average Bonchev–Trinajstić information content (AvgIpc) is 3.34. The first-order valence-electron chi connectivity index (χ1n) is 8.71. The predicted molar refractivity (Wildman–Crippen MR) is 94.1 cm³/mol. The lowest BCUT2D eigenvalue weighted by Crippen LogP contribution is -2.38. The van der Waals surface area contributed by atoms with Gasteiger partial charge in [-0.05, 0) is 56.7 Å². The molecular formula is C18H22N4OS. The van der Waals surface area contributed by atoms with Crippen molar-refractivity contribution >= 4 is 17.7 Å². The Morgan fingerprint density at radius 1 is 1.08 bits per heavy atom. The molecule has 5 nitrogen and oxygen atoms in total. The van der Waals surface area contributed by atoms with Crippen molar-refractivity contribution in [3.05, 3.63) is 42.5 Å². The summed E-state index contributed by atoms with van der Waals surface area (Å²) in [4.78, 5) is 21.1. The van der Waals surface area contributed by atoms with Crippen LogP contribution in [0.5, 0.6) is 0 Å². The summed E-state index contributed by atoms with van der Waals surface area (Å²) in [6, 6.07) is 6.57. The fourth-order valence-electron chi connectivity index (χ4n) is 3.34. The SMILES string of the molecule is O=C(NC1CCC(Sc2ncccn2)CC1)c1cccn1C1CC1. The molecule has 0 unspecified atom stereocenters. The molecule has 2 fully saturated rings. The van der Waals surface area contributed by atoms with E-state index in [4.69, 9.17) is 0 Å². The van der Waals surface area contributed by atoms with Gasteiger partial charge in [0, 0.05) is 35.9 Å². The van der Waals surface area contributed by atoms with Gasteiger partial charge in [0.1, 0.15) is 5.69 Å². The summed E-state index contributed by atoms with van der Waals surface area (Å²) >= 11 is 1.76. The Labute approximate surface area is 146 Å². The molecule has 6 heteroatoms. The van der Waals surface area contributed by atoms with E-state index in [-0.39, 0.29) is 11.9 Å². The van der Waals surface area contributed by atoms with Crippen LogP contribution in [0.2, 0.25) is 0 Å². The van der Waals surface area contributed by atoms with Crippen molar-refractivity contribution in [1.82, 2.24) is 19.9 Å². The maximum atomic E-state index is 12.5. The molecule has 126 valence electrons. The monoisotopic (exact) mass is 342 g/mol. The molecule has 2 aliphatic rings. The zero-order chi connectivity index (χ0) is 16.4. The molecule has 2 saturated carbocycles. The highest BCUT2D eigenvalue weighted by Gasteiger charge is 2.28. The number of amides is 1. The lowest BCUT2D eigenvalue weighted by Gasteiger charge is -2.28. The van der Waals surface area contributed by atoms with E-state index in [1.54, 1.807) is 24.2 Å². The number of nitrogens with one attached hydrogen (secondary N) is 1. The van der Waals surface area contributed by atoms with E-state index >= 15 is 0 Å². The van der Waals surface area contributed by atoms with E-state index in [0.29, 0.717) is 11.3 Å². The van der Waals surface area contributed by atoms with Crippen molar-refractivity contribution in [2.75, 3.05) is 0 Å². The zero-order valence-electron chi connectivity index (χ0n) is 13.6. The third kappa shape index (κ3) is 3.64. The van der Waals surface area contributed by atoms with Crippen molar-refractivity contribution < 1.29 is 4.79 Å². The molecule has 1 amide bonds. The number of aromatic nitrogens is 3. The predicted octanol–water partition coefficient (Wildman–Crippen LogP) is 3.45. The summed E-state index contributed by atoms with van der Waals surface area (Å²) in [6.45, 7) is 0.